The lowest BCUT2D eigenvalue weighted by molar-refractivity contribution is -0.145. The van der Waals surface area contributed by atoms with Crippen molar-refractivity contribution in [3.8, 4) is 0 Å². The Labute approximate surface area is 126 Å². The van der Waals surface area contributed by atoms with Crippen molar-refractivity contribution in [1.29, 1.82) is 0 Å². The summed E-state index contributed by atoms with van der Waals surface area (Å²) in [7, 11) is 0. The van der Waals surface area contributed by atoms with Crippen molar-refractivity contribution in [2.75, 3.05) is 5.32 Å². The van der Waals surface area contributed by atoms with Crippen LogP contribution in [0, 0.1) is 5.82 Å². The number of nitrogens with one attached hydrogen (secondary N) is 2. The maximum absolute atomic E-state index is 13.0. The lowest BCUT2D eigenvalue weighted by Crippen LogP contribution is -2.56. The van der Waals surface area contributed by atoms with Crippen LogP contribution in [-0.4, -0.2) is 22.6 Å². The minimum Gasteiger partial charge on any atom is -0.480 e. The number of amides is 2. The number of benzene rings is 1. The van der Waals surface area contributed by atoms with E-state index in [2.05, 4.69) is 10.6 Å². The van der Waals surface area contributed by atoms with Gasteiger partial charge in [0.2, 0.25) is 0 Å². The minimum atomic E-state index is -1.23. The maximum Gasteiger partial charge on any atom is 0.329 e. The number of carbonyl (C=O) groups is 2. The Morgan fingerprint density at radius 1 is 1.24 bits per heavy atom. The molecule has 114 valence electrons. The Bertz CT molecular complexity index is 559. The SMILES string of the molecule is O=C(Nc1ccc(F)c(Cl)c1)NC1(C(=O)O)CCCCC1. The first-order chi connectivity index (χ1) is 9.93. The number of anilines is 1. The highest BCUT2D eigenvalue weighted by Crippen LogP contribution is 2.28. The van der Waals surface area contributed by atoms with E-state index in [-0.39, 0.29) is 5.02 Å². The van der Waals surface area contributed by atoms with E-state index in [0.717, 1.165) is 25.3 Å². The highest BCUT2D eigenvalue weighted by atomic mass is 35.5. The van der Waals surface area contributed by atoms with Crippen molar-refractivity contribution in [2.45, 2.75) is 37.6 Å². The van der Waals surface area contributed by atoms with Gasteiger partial charge in [-0.05, 0) is 31.0 Å². The lowest BCUT2D eigenvalue weighted by Gasteiger charge is -2.33. The van der Waals surface area contributed by atoms with Crippen molar-refractivity contribution in [3.63, 3.8) is 0 Å². The highest BCUT2D eigenvalue weighted by molar-refractivity contribution is 6.31. The Morgan fingerprint density at radius 3 is 2.48 bits per heavy atom. The zero-order chi connectivity index (χ0) is 15.5. The van der Waals surface area contributed by atoms with E-state index in [1.54, 1.807) is 0 Å². The summed E-state index contributed by atoms with van der Waals surface area (Å²) >= 11 is 5.63. The fourth-order valence-electron chi connectivity index (χ4n) is 2.50. The summed E-state index contributed by atoms with van der Waals surface area (Å²) < 4.78 is 13.0. The van der Waals surface area contributed by atoms with Crippen LogP contribution in [0.2, 0.25) is 5.02 Å². The Morgan fingerprint density at radius 2 is 1.90 bits per heavy atom. The molecule has 2 rings (SSSR count). The first-order valence-electron chi connectivity index (χ1n) is 6.70. The average molecular weight is 315 g/mol. The van der Waals surface area contributed by atoms with Gasteiger partial charge in [0.25, 0.3) is 0 Å². The molecular weight excluding hydrogens is 299 g/mol. The molecular formula is C14H16ClFN2O3. The van der Waals surface area contributed by atoms with E-state index in [1.165, 1.54) is 12.1 Å². The van der Waals surface area contributed by atoms with Crippen molar-refractivity contribution in [2.24, 2.45) is 0 Å². The Hall–Kier alpha value is -1.82. The fraction of sp³-hybridized carbons (Fsp3) is 0.429. The maximum atomic E-state index is 13.0. The highest BCUT2D eigenvalue weighted by Gasteiger charge is 2.40. The van der Waals surface area contributed by atoms with E-state index in [9.17, 15) is 19.1 Å². The van der Waals surface area contributed by atoms with E-state index in [1.807, 2.05) is 0 Å². The normalized spacial score (nSPS) is 17.0. The predicted molar refractivity (Wildman–Crippen MR) is 77.0 cm³/mol. The predicted octanol–water partition coefficient (Wildman–Crippen LogP) is 3.39. The third kappa shape index (κ3) is 3.64. The molecule has 7 heteroatoms. The zero-order valence-corrected chi connectivity index (χ0v) is 12.0. The molecule has 1 aliphatic carbocycles. The van der Waals surface area contributed by atoms with Gasteiger partial charge in [-0.15, -0.1) is 0 Å². The summed E-state index contributed by atoms with van der Waals surface area (Å²) in [5.74, 6) is -1.62. The van der Waals surface area contributed by atoms with Gasteiger partial charge in [-0.2, -0.15) is 0 Å². The smallest absolute Gasteiger partial charge is 0.329 e. The molecule has 0 radical (unpaired) electrons. The molecule has 0 bridgehead atoms. The van der Waals surface area contributed by atoms with Crippen LogP contribution in [0.15, 0.2) is 18.2 Å². The molecule has 1 saturated carbocycles. The van der Waals surface area contributed by atoms with Gasteiger partial charge in [-0.3, -0.25) is 0 Å². The summed E-state index contributed by atoms with van der Waals surface area (Å²) in [5, 5.41) is 14.3. The fourth-order valence-corrected chi connectivity index (χ4v) is 2.68. The summed E-state index contributed by atoms with van der Waals surface area (Å²) in [6.45, 7) is 0. The van der Waals surface area contributed by atoms with Gasteiger partial charge in [-0.1, -0.05) is 30.9 Å². The van der Waals surface area contributed by atoms with Crippen molar-refractivity contribution in [3.05, 3.63) is 29.0 Å². The zero-order valence-electron chi connectivity index (χ0n) is 11.3. The standard InChI is InChI=1S/C14H16ClFN2O3/c15-10-8-9(4-5-11(10)16)17-13(21)18-14(12(19)20)6-2-1-3-7-14/h4-5,8H,1-3,6-7H2,(H,19,20)(H2,17,18,21). The number of hydrogen-bond donors (Lipinski definition) is 3. The molecule has 0 spiro atoms. The topological polar surface area (TPSA) is 78.4 Å². The largest absolute Gasteiger partial charge is 0.480 e. The van der Waals surface area contributed by atoms with Gasteiger partial charge in [0.1, 0.15) is 11.4 Å². The van der Waals surface area contributed by atoms with Crippen molar-refractivity contribution in [1.82, 2.24) is 5.32 Å². The summed E-state index contributed by atoms with van der Waals surface area (Å²) in [6, 6.07) is 3.12. The van der Waals surface area contributed by atoms with Crippen LogP contribution in [0.3, 0.4) is 0 Å². The second kappa shape index (κ2) is 6.30. The first kappa shape index (κ1) is 15.6. The molecule has 1 aromatic rings. The molecule has 0 saturated heterocycles. The molecule has 21 heavy (non-hydrogen) atoms. The Balaban J connectivity index is 2.05. The van der Waals surface area contributed by atoms with Crippen LogP contribution < -0.4 is 10.6 Å². The molecule has 1 fully saturated rings. The number of halogens is 2. The van der Waals surface area contributed by atoms with Gasteiger partial charge in [0.05, 0.1) is 5.02 Å². The lowest BCUT2D eigenvalue weighted by atomic mass is 9.82. The van der Waals surface area contributed by atoms with Crippen LogP contribution in [0.1, 0.15) is 32.1 Å². The minimum absolute atomic E-state index is 0.113. The molecule has 0 unspecified atom stereocenters. The molecule has 1 aliphatic rings. The van der Waals surface area contributed by atoms with Gasteiger partial charge < -0.3 is 15.7 Å². The van der Waals surface area contributed by atoms with Gasteiger partial charge >= 0.3 is 12.0 Å². The third-order valence-corrected chi connectivity index (χ3v) is 3.94. The van der Waals surface area contributed by atoms with Gasteiger partial charge in [-0.25, -0.2) is 14.0 Å². The van der Waals surface area contributed by atoms with Crippen LogP contribution in [0.25, 0.3) is 0 Å². The quantitative estimate of drug-likeness (QED) is 0.800. The molecule has 0 aliphatic heterocycles. The van der Waals surface area contributed by atoms with Gasteiger partial charge in [0.15, 0.2) is 0 Å². The van der Waals surface area contributed by atoms with E-state index in [4.69, 9.17) is 11.6 Å². The molecule has 0 heterocycles. The summed E-state index contributed by atoms with van der Waals surface area (Å²) in [5.41, 5.74) is -0.929. The number of rotatable bonds is 3. The van der Waals surface area contributed by atoms with Crippen LogP contribution in [0.4, 0.5) is 14.9 Å². The number of carboxylic acids is 1. The van der Waals surface area contributed by atoms with Crippen molar-refractivity contribution >= 4 is 29.3 Å². The molecule has 2 amide bonds. The average Bonchev–Trinajstić information content (AvgIpc) is 2.43. The van der Waals surface area contributed by atoms with E-state index < -0.39 is 23.4 Å². The number of carboxylic acid groups (broad SMARTS) is 1. The molecule has 0 atom stereocenters. The number of hydrogen-bond acceptors (Lipinski definition) is 2. The molecule has 1 aromatic carbocycles. The third-order valence-electron chi connectivity index (χ3n) is 3.65. The Kier molecular flexibility index (Phi) is 4.67. The summed E-state index contributed by atoms with van der Waals surface area (Å²) in [6.07, 6.45) is 3.29. The van der Waals surface area contributed by atoms with Crippen LogP contribution >= 0.6 is 11.6 Å². The summed E-state index contributed by atoms with van der Waals surface area (Å²) in [4.78, 5) is 23.4. The van der Waals surface area contributed by atoms with E-state index in [0.29, 0.717) is 18.5 Å². The first-order valence-corrected chi connectivity index (χ1v) is 7.08. The number of aliphatic carboxylic acids is 1. The van der Waals surface area contributed by atoms with Crippen LogP contribution in [0.5, 0.6) is 0 Å². The molecule has 5 nitrogen and oxygen atoms in total. The second-order valence-electron chi connectivity index (χ2n) is 5.16. The second-order valence-corrected chi connectivity index (χ2v) is 5.56. The van der Waals surface area contributed by atoms with E-state index >= 15 is 0 Å². The molecule has 3 N–H and O–H groups in total. The number of carbonyl (C=O) groups excluding carboxylic acids is 1. The molecule has 0 aromatic heterocycles. The number of urea groups is 1. The van der Waals surface area contributed by atoms with Gasteiger partial charge in [0, 0.05) is 5.69 Å². The monoisotopic (exact) mass is 314 g/mol. The van der Waals surface area contributed by atoms with Crippen molar-refractivity contribution < 1.29 is 19.1 Å². The van der Waals surface area contributed by atoms with Crippen LogP contribution in [-0.2, 0) is 4.79 Å².